The fraction of sp³-hybridized carbons (Fsp3) is 0.571. The number of carbonyl (C=O) groups excluding carboxylic acids is 1. The lowest BCUT2D eigenvalue weighted by atomic mass is 9.72. The van der Waals surface area contributed by atoms with Gasteiger partial charge in [-0.1, -0.05) is 32.4 Å². The molecular formula is C21H27ClN4OS. The van der Waals surface area contributed by atoms with Crippen molar-refractivity contribution in [2.24, 2.45) is 11.3 Å². The summed E-state index contributed by atoms with van der Waals surface area (Å²) in [6, 6.07) is 5.80. The molecule has 2 aromatic heterocycles. The molecule has 28 heavy (non-hydrogen) atoms. The van der Waals surface area contributed by atoms with Crippen molar-refractivity contribution >= 4 is 34.7 Å². The average molecular weight is 419 g/mol. The molecule has 0 bridgehead atoms. The molecule has 1 aliphatic carbocycles. The lowest BCUT2D eigenvalue weighted by Crippen LogP contribution is -2.49. The van der Waals surface area contributed by atoms with Gasteiger partial charge in [-0.3, -0.25) is 4.79 Å². The van der Waals surface area contributed by atoms with Crippen LogP contribution in [0.1, 0.15) is 47.3 Å². The third-order valence-electron chi connectivity index (χ3n) is 6.03. The summed E-state index contributed by atoms with van der Waals surface area (Å²) in [5.74, 6) is 1.69. The zero-order chi connectivity index (χ0) is 19.9. The van der Waals surface area contributed by atoms with E-state index in [1.165, 1.54) is 16.9 Å². The molecule has 1 atom stereocenters. The van der Waals surface area contributed by atoms with Crippen molar-refractivity contribution in [3.8, 4) is 0 Å². The normalized spacial score (nSPS) is 20.2. The minimum absolute atomic E-state index is 0.175. The zero-order valence-electron chi connectivity index (χ0n) is 16.7. The van der Waals surface area contributed by atoms with Crippen molar-refractivity contribution in [3.63, 3.8) is 0 Å². The molecule has 5 nitrogen and oxygen atoms in total. The van der Waals surface area contributed by atoms with Crippen LogP contribution in [-0.4, -0.2) is 47.2 Å². The van der Waals surface area contributed by atoms with Crippen LogP contribution in [0, 0.1) is 11.3 Å². The van der Waals surface area contributed by atoms with E-state index in [0.29, 0.717) is 29.6 Å². The van der Waals surface area contributed by atoms with Gasteiger partial charge >= 0.3 is 0 Å². The van der Waals surface area contributed by atoms with Crippen molar-refractivity contribution in [3.05, 3.63) is 38.7 Å². The predicted molar refractivity (Wildman–Crippen MR) is 114 cm³/mol. The Morgan fingerprint density at radius 3 is 2.57 bits per heavy atom. The molecular weight excluding hydrogens is 392 g/mol. The summed E-state index contributed by atoms with van der Waals surface area (Å²) in [5, 5.41) is 8.45. The second-order valence-corrected chi connectivity index (χ2v) is 10.4. The smallest absolute Gasteiger partial charge is 0.264 e. The molecule has 7 heteroatoms. The Hall–Kier alpha value is -1.66. The molecule has 0 radical (unpaired) electrons. The number of piperazine rings is 1. The van der Waals surface area contributed by atoms with Crippen molar-refractivity contribution in [2.45, 2.75) is 40.0 Å². The summed E-state index contributed by atoms with van der Waals surface area (Å²) in [5.41, 5.74) is 1.72. The van der Waals surface area contributed by atoms with Gasteiger partial charge in [0.1, 0.15) is 0 Å². The molecule has 4 rings (SSSR count). The fourth-order valence-electron chi connectivity index (χ4n) is 4.14. The van der Waals surface area contributed by atoms with E-state index < -0.39 is 0 Å². The zero-order valence-corrected chi connectivity index (χ0v) is 18.3. The van der Waals surface area contributed by atoms with Crippen LogP contribution in [0.25, 0.3) is 0 Å². The highest BCUT2D eigenvalue weighted by Gasteiger charge is 2.31. The predicted octanol–water partition coefficient (Wildman–Crippen LogP) is 4.30. The number of rotatable bonds is 2. The molecule has 1 fully saturated rings. The van der Waals surface area contributed by atoms with Gasteiger partial charge in [0, 0.05) is 31.1 Å². The van der Waals surface area contributed by atoms with Crippen LogP contribution in [0.3, 0.4) is 0 Å². The van der Waals surface area contributed by atoms with Gasteiger partial charge in [0.25, 0.3) is 5.91 Å². The van der Waals surface area contributed by atoms with Crippen LogP contribution in [0.5, 0.6) is 0 Å². The van der Waals surface area contributed by atoms with Crippen molar-refractivity contribution in [2.75, 3.05) is 31.1 Å². The number of aromatic nitrogens is 2. The van der Waals surface area contributed by atoms with Gasteiger partial charge in [-0.05, 0) is 54.4 Å². The third kappa shape index (κ3) is 4.03. The summed E-state index contributed by atoms with van der Waals surface area (Å²) >= 11 is 7.52. The van der Waals surface area contributed by atoms with E-state index in [4.69, 9.17) is 11.6 Å². The molecule has 1 aliphatic heterocycles. The molecule has 0 spiro atoms. The van der Waals surface area contributed by atoms with E-state index in [2.05, 4.69) is 41.9 Å². The molecule has 1 amide bonds. The summed E-state index contributed by atoms with van der Waals surface area (Å²) in [7, 11) is 0. The molecule has 150 valence electrons. The highest BCUT2D eigenvalue weighted by atomic mass is 35.5. The lowest BCUT2D eigenvalue weighted by Gasteiger charge is -2.34. The van der Waals surface area contributed by atoms with Gasteiger partial charge in [-0.2, -0.15) is 0 Å². The number of carbonyl (C=O) groups is 1. The molecule has 3 heterocycles. The molecule has 0 N–H and O–H groups in total. The van der Waals surface area contributed by atoms with Gasteiger partial charge in [0.15, 0.2) is 11.0 Å². The van der Waals surface area contributed by atoms with Gasteiger partial charge in [-0.15, -0.1) is 21.5 Å². The van der Waals surface area contributed by atoms with E-state index in [1.807, 2.05) is 11.0 Å². The van der Waals surface area contributed by atoms with Crippen molar-refractivity contribution in [1.29, 1.82) is 0 Å². The molecule has 1 unspecified atom stereocenters. The lowest BCUT2D eigenvalue weighted by molar-refractivity contribution is 0.0751. The average Bonchev–Trinajstić information content (AvgIpc) is 3.11. The maximum Gasteiger partial charge on any atom is 0.264 e. The first-order valence-corrected chi connectivity index (χ1v) is 11.2. The van der Waals surface area contributed by atoms with Crippen LogP contribution in [0.2, 0.25) is 5.15 Å². The van der Waals surface area contributed by atoms with Gasteiger partial charge in [0.2, 0.25) is 0 Å². The van der Waals surface area contributed by atoms with Crippen LogP contribution >= 0.6 is 22.9 Å². The topological polar surface area (TPSA) is 49.3 Å². The highest BCUT2D eigenvalue weighted by molar-refractivity contribution is 7.14. The number of hydrogen-bond acceptors (Lipinski definition) is 5. The second-order valence-electron chi connectivity index (χ2n) is 8.86. The van der Waals surface area contributed by atoms with Gasteiger partial charge in [0.05, 0.1) is 4.88 Å². The maximum absolute atomic E-state index is 13.1. The molecule has 0 saturated carbocycles. The molecule has 1 saturated heterocycles. The first kappa shape index (κ1) is 19.6. The Labute approximate surface area is 175 Å². The van der Waals surface area contributed by atoms with Crippen LogP contribution in [0.4, 0.5) is 5.82 Å². The van der Waals surface area contributed by atoms with Crippen LogP contribution in [-0.2, 0) is 12.8 Å². The minimum atomic E-state index is 0.175. The first-order chi connectivity index (χ1) is 13.3. The molecule has 2 aromatic rings. The Balaban J connectivity index is 1.40. The summed E-state index contributed by atoms with van der Waals surface area (Å²) < 4.78 is 0. The quantitative estimate of drug-likeness (QED) is 0.729. The SMILES string of the molecule is CC(C)(C)C1CCc2sc(C(=O)N3CCN(c4ccc(Cl)nn4)CC3)cc2C1. The Kier molecular flexibility index (Phi) is 5.36. The third-order valence-corrected chi connectivity index (χ3v) is 7.45. The minimum Gasteiger partial charge on any atom is -0.352 e. The number of nitrogens with zero attached hydrogens (tertiary/aromatic N) is 4. The Bertz CT molecular complexity index is 850. The van der Waals surface area contributed by atoms with Crippen LogP contribution < -0.4 is 4.90 Å². The number of amides is 1. The van der Waals surface area contributed by atoms with E-state index in [0.717, 1.165) is 36.6 Å². The number of aryl methyl sites for hydroxylation is 1. The summed E-state index contributed by atoms with van der Waals surface area (Å²) in [4.78, 5) is 19.5. The second kappa shape index (κ2) is 7.64. The summed E-state index contributed by atoms with van der Waals surface area (Å²) in [6.07, 6.45) is 3.44. The maximum atomic E-state index is 13.1. The largest absolute Gasteiger partial charge is 0.352 e. The summed E-state index contributed by atoms with van der Waals surface area (Å²) in [6.45, 7) is 9.91. The number of hydrogen-bond donors (Lipinski definition) is 0. The van der Waals surface area contributed by atoms with E-state index in [-0.39, 0.29) is 5.91 Å². The van der Waals surface area contributed by atoms with Crippen molar-refractivity contribution < 1.29 is 4.79 Å². The Morgan fingerprint density at radius 1 is 1.18 bits per heavy atom. The fourth-order valence-corrected chi connectivity index (χ4v) is 5.42. The number of halogens is 1. The Morgan fingerprint density at radius 2 is 1.93 bits per heavy atom. The standard InChI is InChI=1S/C21H27ClN4OS/c1-21(2,3)15-4-5-16-14(12-15)13-17(28-16)20(27)26-10-8-25(9-11-26)19-7-6-18(22)23-24-19/h6-7,13,15H,4-5,8-12H2,1-3H3. The van der Waals surface area contributed by atoms with E-state index in [9.17, 15) is 4.79 Å². The van der Waals surface area contributed by atoms with E-state index in [1.54, 1.807) is 17.4 Å². The van der Waals surface area contributed by atoms with Gasteiger partial charge < -0.3 is 9.80 Å². The molecule has 0 aromatic carbocycles. The monoisotopic (exact) mass is 418 g/mol. The molecule has 2 aliphatic rings. The number of thiophene rings is 1. The number of anilines is 1. The highest BCUT2D eigenvalue weighted by Crippen LogP contribution is 2.40. The van der Waals surface area contributed by atoms with Crippen molar-refractivity contribution in [1.82, 2.24) is 15.1 Å². The van der Waals surface area contributed by atoms with Crippen LogP contribution in [0.15, 0.2) is 18.2 Å². The number of fused-ring (bicyclic) bond motifs is 1. The van der Waals surface area contributed by atoms with Gasteiger partial charge in [-0.25, -0.2) is 0 Å². The van der Waals surface area contributed by atoms with E-state index >= 15 is 0 Å². The first-order valence-electron chi connectivity index (χ1n) is 9.96.